The summed E-state index contributed by atoms with van der Waals surface area (Å²) >= 11 is 5.95. The number of hydrogen-bond donors (Lipinski definition) is 0. The molecular weight excluding hydrogens is 343 g/mol. The highest BCUT2D eigenvalue weighted by atomic mass is 35.5. The van der Waals surface area contributed by atoms with Gasteiger partial charge in [0.1, 0.15) is 22.7 Å². The van der Waals surface area contributed by atoms with Gasteiger partial charge in [-0.2, -0.15) is 0 Å². The molecule has 5 heteroatoms. The van der Waals surface area contributed by atoms with Crippen molar-refractivity contribution in [3.8, 4) is 5.75 Å². The van der Waals surface area contributed by atoms with Crippen molar-refractivity contribution in [1.82, 2.24) is 0 Å². The number of rotatable bonds is 3. The zero-order valence-electron chi connectivity index (χ0n) is 13.0. The molecule has 0 radical (unpaired) electrons. The predicted molar refractivity (Wildman–Crippen MR) is 94.5 cm³/mol. The molecule has 0 atom stereocenters. The second kappa shape index (κ2) is 6.22. The van der Waals surface area contributed by atoms with E-state index in [9.17, 15) is 9.18 Å². The molecule has 4 aromatic rings. The Morgan fingerprint density at radius 2 is 1.80 bits per heavy atom. The van der Waals surface area contributed by atoms with Crippen molar-refractivity contribution in [2.45, 2.75) is 6.42 Å². The van der Waals surface area contributed by atoms with Crippen LogP contribution in [-0.2, 0) is 11.2 Å². The van der Waals surface area contributed by atoms with Gasteiger partial charge >= 0.3 is 5.97 Å². The first-order valence-electron chi connectivity index (χ1n) is 7.67. The Balaban J connectivity index is 1.62. The normalized spacial score (nSPS) is 11.1. The molecule has 0 aliphatic carbocycles. The molecule has 0 amide bonds. The number of ether oxygens (including phenoxy) is 1. The van der Waals surface area contributed by atoms with Gasteiger partial charge in [-0.3, -0.25) is 4.79 Å². The highest BCUT2D eigenvalue weighted by Gasteiger charge is 2.15. The SMILES string of the molecule is O=C(Cc1c(F)cccc1Cl)Oc1ccc2oc3ccccc3c2c1. The van der Waals surface area contributed by atoms with Crippen molar-refractivity contribution in [3.05, 3.63) is 77.1 Å². The summed E-state index contributed by atoms with van der Waals surface area (Å²) in [6.07, 6.45) is -0.240. The molecule has 25 heavy (non-hydrogen) atoms. The van der Waals surface area contributed by atoms with Crippen molar-refractivity contribution in [3.63, 3.8) is 0 Å². The standard InChI is InChI=1S/C20H12ClFO3/c21-16-5-3-6-17(22)15(16)11-20(23)24-12-8-9-19-14(10-12)13-4-1-2-7-18(13)25-19/h1-10H,11H2. The second-order valence-corrected chi connectivity index (χ2v) is 6.01. The summed E-state index contributed by atoms with van der Waals surface area (Å²) in [4.78, 5) is 12.2. The summed E-state index contributed by atoms with van der Waals surface area (Å²) in [5, 5.41) is 1.99. The number of benzene rings is 3. The molecule has 124 valence electrons. The van der Waals surface area contributed by atoms with Gasteiger partial charge in [0.25, 0.3) is 0 Å². The Kier molecular flexibility index (Phi) is 3.90. The van der Waals surface area contributed by atoms with Crippen LogP contribution in [0.4, 0.5) is 4.39 Å². The molecule has 4 rings (SSSR count). The monoisotopic (exact) mass is 354 g/mol. The number of para-hydroxylation sites is 1. The molecule has 0 saturated heterocycles. The molecule has 0 N–H and O–H groups in total. The van der Waals surface area contributed by atoms with Crippen molar-refractivity contribution in [2.24, 2.45) is 0 Å². The molecule has 1 heterocycles. The smallest absolute Gasteiger partial charge is 0.315 e. The molecule has 0 aliphatic heterocycles. The van der Waals surface area contributed by atoms with E-state index in [2.05, 4.69) is 0 Å². The largest absolute Gasteiger partial charge is 0.456 e. The van der Waals surface area contributed by atoms with Crippen molar-refractivity contribution in [2.75, 3.05) is 0 Å². The summed E-state index contributed by atoms with van der Waals surface area (Å²) in [7, 11) is 0. The summed E-state index contributed by atoms with van der Waals surface area (Å²) in [5.41, 5.74) is 1.60. The van der Waals surface area contributed by atoms with Crippen molar-refractivity contribution >= 4 is 39.5 Å². The van der Waals surface area contributed by atoms with Crippen molar-refractivity contribution in [1.29, 1.82) is 0 Å². The predicted octanol–water partition coefficient (Wildman–Crippen LogP) is 5.53. The number of hydrogen-bond acceptors (Lipinski definition) is 3. The van der Waals surface area contributed by atoms with Gasteiger partial charge in [0.05, 0.1) is 6.42 Å². The maximum absolute atomic E-state index is 13.8. The number of esters is 1. The minimum Gasteiger partial charge on any atom is -0.456 e. The van der Waals surface area contributed by atoms with E-state index in [1.807, 2.05) is 24.3 Å². The van der Waals surface area contributed by atoms with Gasteiger partial charge in [0.15, 0.2) is 0 Å². The Hall–Kier alpha value is -2.85. The van der Waals surface area contributed by atoms with E-state index in [0.29, 0.717) is 11.3 Å². The lowest BCUT2D eigenvalue weighted by atomic mass is 10.1. The fraction of sp³-hybridized carbons (Fsp3) is 0.0500. The average Bonchev–Trinajstić information content (AvgIpc) is 2.96. The number of carbonyl (C=O) groups is 1. The number of carbonyl (C=O) groups excluding carboxylic acids is 1. The van der Waals surface area contributed by atoms with Crippen LogP contribution in [0.15, 0.2) is 65.1 Å². The lowest BCUT2D eigenvalue weighted by molar-refractivity contribution is -0.133. The van der Waals surface area contributed by atoms with E-state index in [4.69, 9.17) is 20.8 Å². The van der Waals surface area contributed by atoms with Gasteiger partial charge in [0.2, 0.25) is 0 Å². The van der Waals surface area contributed by atoms with E-state index in [0.717, 1.165) is 16.4 Å². The fourth-order valence-electron chi connectivity index (χ4n) is 2.78. The third kappa shape index (κ3) is 2.96. The first-order chi connectivity index (χ1) is 12.1. The molecule has 0 aliphatic rings. The summed E-state index contributed by atoms with van der Waals surface area (Å²) in [5.74, 6) is -0.739. The molecular formula is C20H12ClFO3. The zero-order valence-corrected chi connectivity index (χ0v) is 13.7. The van der Waals surface area contributed by atoms with Gasteiger partial charge in [-0.15, -0.1) is 0 Å². The number of fused-ring (bicyclic) bond motifs is 3. The molecule has 3 aromatic carbocycles. The van der Waals surface area contributed by atoms with Crippen LogP contribution >= 0.6 is 11.6 Å². The minimum absolute atomic E-state index is 0.129. The number of furan rings is 1. The highest BCUT2D eigenvalue weighted by Crippen LogP contribution is 2.31. The molecule has 0 saturated carbocycles. The summed E-state index contributed by atoms with van der Waals surface area (Å²) < 4.78 is 24.9. The lowest BCUT2D eigenvalue weighted by Crippen LogP contribution is -2.12. The quantitative estimate of drug-likeness (QED) is 0.359. The number of halogens is 2. The van der Waals surface area contributed by atoms with Gasteiger partial charge in [-0.25, -0.2) is 4.39 Å². The first kappa shape index (κ1) is 15.7. The van der Waals surface area contributed by atoms with Crippen LogP contribution in [0, 0.1) is 5.82 Å². The lowest BCUT2D eigenvalue weighted by Gasteiger charge is -2.07. The van der Waals surface area contributed by atoms with E-state index in [1.165, 1.54) is 18.2 Å². The van der Waals surface area contributed by atoms with E-state index < -0.39 is 11.8 Å². The third-order valence-corrected chi connectivity index (χ3v) is 4.32. The molecule has 0 unspecified atom stereocenters. The first-order valence-corrected chi connectivity index (χ1v) is 8.04. The molecule has 3 nitrogen and oxygen atoms in total. The topological polar surface area (TPSA) is 39.4 Å². The third-order valence-electron chi connectivity index (χ3n) is 3.96. The Morgan fingerprint density at radius 3 is 2.64 bits per heavy atom. The van der Waals surface area contributed by atoms with Crippen LogP contribution in [0.2, 0.25) is 5.02 Å². The van der Waals surface area contributed by atoms with E-state index in [-0.39, 0.29) is 17.0 Å². The van der Waals surface area contributed by atoms with Gasteiger partial charge in [-0.05, 0) is 36.4 Å². The maximum atomic E-state index is 13.8. The van der Waals surface area contributed by atoms with Crippen LogP contribution in [0.3, 0.4) is 0 Å². The Labute approximate surface area is 147 Å². The minimum atomic E-state index is -0.584. The van der Waals surface area contributed by atoms with Gasteiger partial charge in [-0.1, -0.05) is 35.9 Å². The summed E-state index contributed by atoms with van der Waals surface area (Å²) in [6.45, 7) is 0. The maximum Gasteiger partial charge on any atom is 0.315 e. The van der Waals surface area contributed by atoms with E-state index in [1.54, 1.807) is 18.2 Å². The van der Waals surface area contributed by atoms with Crippen LogP contribution in [0.1, 0.15) is 5.56 Å². The van der Waals surface area contributed by atoms with E-state index >= 15 is 0 Å². The Bertz CT molecular complexity index is 1080. The molecule has 0 fully saturated rings. The average molecular weight is 355 g/mol. The van der Waals surface area contributed by atoms with Crippen LogP contribution < -0.4 is 4.74 Å². The van der Waals surface area contributed by atoms with Crippen LogP contribution in [0.25, 0.3) is 21.9 Å². The van der Waals surface area contributed by atoms with Crippen molar-refractivity contribution < 1.29 is 18.3 Å². The summed E-state index contributed by atoms with van der Waals surface area (Å²) in [6, 6.07) is 17.0. The second-order valence-electron chi connectivity index (χ2n) is 5.61. The van der Waals surface area contributed by atoms with Gasteiger partial charge < -0.3 is 9.15 Å². The Morgan fingerprint density at radius 1 is 1.00 bits per heavy atom. The zero-order chi connectivity index (χ0) is 17.4. The van der Waals surface area contributed by atoms with Crippen LogP contribution in [0.5, 0.6) is 5.75 Å². The molecule has 0 bridgehead atoms. The fourth-order valence-corrected chi connectivity index (χ4v) is 3.01. The van der Waals surface area contributed by atoms with Gasteiger partial charge in [0, 0.05) is 21.4 Å². The molecule has 0 spiro atoms. The molecule has 1 aromatic heterocycles. The highest BCUT2D eigenvalue weighted by molar-refractivity contribution is 6.31. The van der Waals surface area contributed by atoms with Crippen LogP contribution in [-0.4, -0.2) is 5.97 Å².